The number of nitrogens with zero attached hydrogens (tertiary/aromatic N) is 2. The van der Waals surface area contributed by atoms with Crippen molar-refractivity contribution in [3.05, 3.63) is 22.2 Å². The van der Waals surface area contributed by atoms with E-state index in [-0.39, 0.29) is 11.6 Å². The number of nitrogens with one attached hydrogen (secondary N) is 1. The van der Waals surface area contributed by atoms with Gasteiger partial charge < -0.3 is 4.90 Å². The SMILES string of the molecule is N#Cc1cc(Br)c2c(c1)N(C1CC1)CNS2(=O)=O. The van der Waals surface area contributed by atoms with E-state index in [1.807, 2.05) is 4.90 Å². The van der Waals surface area contributed by atoms with Crippen molar-refractivity contribution >= 4 is 31.6 Å². The van der Waals surface area contributed by atoms with Crippen molar-refractivity contribution in [2.75, 3.05) is 11.6 Å². The molecule has 1 aromatic rings. The zero-order valence-corrected chi connectivity index (χ0v) is 11.8. The Kier molecular flexibility index (Phi) is 2.62. The highest BCUT2D eigenvalue weighted by atomic mass is 79.9. The average molecular weight is 328 g/mol. The summed E-state index contributed by atoms with van der Waals surface area (Å²) in [6.07, 6.45) is 2.13. The van der Waals surface area contributed by atoms with Gasteiger partial charge in [-0.15, -0.1) is 0 Å². The molecule has 0 atom stereocenters. The standard InChI is InChI=1S/C11H10BrN3O2S/c12-9-3-7(5-13)4-10-11(9)18(16,17)14-6-15(10)8-1-2-8/h3-4,8,14H,1-2,6H2. The highest BCUT2D eigenvalue weighted by molar-refractivity contribution is 9.10. The van der Waals surface area contributed by atoms with Gasteiger partial charge in [-0.25, -0.2) is 8.42 Å². The average Bonchev–Trinajstić information content (AvgIpc) is 3.11. The van der Waals surface area contributed by atoms with Gasteiger partial charge in [0.2, 0.25) is 10.0 Å². The fourth-order valence-electron chi connectivity index (χ4n) is 2.15. The number of sulfonamides is 1. The Bertz CT molecular complexity index is 662. The topological polar surface area (TPSA) is 73.2 Å². The van der Waals surface area contributed by atoms with Crippen LogP contribution in [0.4, 0.5) is 5.69 Å². The Morgan fingerprint density at radius 1 is 1.44 bits per heavy atom. The molecule has 0 unspecified atom stereocenters. The Hall–Kier alpha value is -1.10. The summed E-state index contributed by atoms with van der Waals surface area (Å²) in [5.74, 6) is 0. The van der Waals surface area contributed by atoms with E-state index in [2.05, 4.69) is 26.7 Å². The van der Waals surface area contributed by atoms with E-state index in [0.717, 1.165) is 12.8 Å². The van der Waals surface area contributed by atoms with Gasteiger partial charge in [0.25, 0.3) is 0 Å². The molecule has 1 fully saturated rings. The molecule has 0 saturated heterocycles. The van der Waals surface area contributed by atoms with Crippen LogP contribution in [0.5, 0.6) is 0 Å². The smallest absolute Gasteiger partial charge is 0.245 e. The van der Waals surface area contributed by atoms with E-state index >= 15 is 0 Å². The molecule has 7 heteroatoms. The molecule has 0 amide bonds. The number of hydrogen-bond acceptors (Lipinski definition) is 4. The van der Waals surface area contributed by atoms with Crippen LogP contribution < -0.4 is 9.62 Å². The second-order valence-corrected chi connectivity index (χ2v) is 6.98. The highest BCUT2D eigenvalue weighted by Gasteiger charge is 2.38. The molecule has 0 aromatic heterocycles. The molecular weight excluding hydrogens is 318 g/mol. The molecule has 0 spiro atoms. The number of rotatable bonds is 1. The quantitative estimate of drug-likeness (QED) is 0.849. The van der Waals surface area contributed by atoms with Crippen molar-refractivity contribution in [1.29, 1.82) is 5.26 Å². The van der Waals surface area contributed by atoms with Crippen LogP contribution in [0.25, 0.3) is 0 Å². The zero-order chi connectivity index (χ0) is 12.9. The number of fused-ring (bicyclic) bond motifs is 1. The minimum atomic E-state index is -3.48. The lowest BCUT2D eigenvalue weighted by Gasteiger charge is -2.32. The summed E-state index contributed by atoms with van der Waals surface area (Å²) in [6, 6.07) is 5.62. The summed E-state index contributed by atoms with van der Waals surface area (Å²) in [4.78, 5) is 2.25. The number of anilines is 1. The molecule has 0 bridgehead atoms. The summed E-state index contributed by atoms with van der Waals surface area (Å²) in [5, 5.41) is 8.98. The first kappa shape index (κ1) is 12.0. The highest BCUT2D eigenvalue weighted by Crippen LogP contribution is 2.40. The van der Waals surface area contributed by atoms with E-state index in [4.69, 9.17) is 5.26 Å². The van der Waals surface area contributed by atoms with Gasteiger partial charge in [-0.3, -0.25) is 0 Å². The molecule has 1 heterocycles. The summed E-state index contributed by atoms with van der Waals surface area (Å²) in [6.45, 7) is 0.279. The molecule has 3 rings (SSSR count). The van der Waals surface area contributed by atoms with Crippen molar-refractivity contribution in [3.63, 3.8) is 0 Å². The first-order valence-electron chi connectivity index (χ1n) is 5.53. The number of halogens is 1. The molecule has 1 N–H and O–H groups in total. The lowest BCUT2D eigenvalue weighted by molar-refractivity contribution is 0.569. The normalized spacial score (nSPS) is 21.2. The molecule has 5 nitrogen and oxygen atoms in total. The molecule has 1 aliphatic heterocycles. The Morgan fingerprint density at radius 2 is 2.17 bits per heavy atom. The predicted octanol–water partition coefficient (Wildman–Crippen LogP) is 1.54. The van der Waals surface area contributed by atoms with Gasteiger partial charge >= 0.3 is 0 Å². The third kappa shape index (κ3) is 1.81. The third-order valence-electron chi connectivity index (χ3n) is 3.14. The second kappa shape index (κ2) is 3.95. The minimum Gasteiger partial charge on any atom is -0.354 e. The van der Waals surface area contributed by atoms with E-state index in [9.17, 15) is 8.42 Å². The van der Waals surface area contributed by atoms with Crippen LogP contribution >= 0.6 is 15.9 Å². The van der Waals surface area contributed by atoms with Gasteiger partial charge in [0.1, 0.15) is 4.90 Å². The molecule has 1 aliphatic carbocycles. The maximum Gasteiger partial charge on any atom is 0.245 e. The maximum absolute atomic E-state index is 12.0. The molecular formula is C11H10BrN3O2S. The Morgan fingerprint density at radius 3 is 2.78 bits per heavy atom. The predicted molar refractivity (Wildman–Crippen MR) is 69.5 cm³/mol. The van der Waals surface area contributed by atoms with Crippen molar-refractivity contribution in [1.82, 2.24) is 4.72 Å². The summed E-state index contributed by atoms with van der Waals surface area (Å²) < 4.78 is 27.1. The maximum atomic E-state index is 12.0. The molecule has 2 aliphatic rings. The van der Waals surface area contributed by atoms with Crippen LogP contribution in [0.2, 0.25) is 0 Å². The Labute approximate surface area is 114 Å². The molecule has 18 heavy (non-hydrogen) atoms. The molecule has 1 aromatic carbocycles. The monoisotopic (exact) mass is 327 g/mol. The van der Waals surface area contributed by atoms with Crippen molar-refractivity contribution in [2.45, 2.75) is 23.8 Å². The van der Waals surface area contributed by atoms with Gasteiger partial charge in [-0.2, -0.15) is 9.98 Å². The molecule has 0 radical (unpaired) electrons. The summed E-state index contributed by atoms with van der Waals surface area (Å²) in [7, 11) is -3.48. The second-order valence-electron chi connectivity index (χ2n) is 4.42. The minimum absolute atomic E-state index is 0.236. The summed E-state index contributed by atoms with van der Waals surface area (Å²) in [5.41, 5.74) is 1.09. The Balaban J connectivity index is 2.25. The van der Waals surface area contributed by atoms with Crippen LogP contribution in [0, 0.1) is 11.3 Å². The van der Waals surface area contributed by atoms with Crippen LogP contribution in [0.3, 0.4) is 0 Å². The van der Waals surface area contributed by atoms with E-state index in [1.165, 1.54) is 6.07 Å². The van der Waals surface area contributed by atoms with Gasteiger partial charge in [-0.05, 0) is 40.9 Å². The van der Waals surface area contributed by atoms with Gasteiger partial charge in [-0.1, -0.05) is 0 Å². The molecule has 94 valence electrons. The van der Waals surface area contributed by atoms with Crippen LogP contribution in [0.15, 0.2) is 21.5 Å². The van der Waals surface area contributed by atoms with Crippen molar-refractivity contribution < 1.29 is 8.42 Å². The van der Waals surface area contributed by atoms with Crippen LogP contribution in [0.1, 0.15) is 18.4 Å². The van der Waals surface area contributed by atoms with Crippen LogP contribution in [-0.4, -0.2) is 21.1 Å². The van der Waals surface area contributed by atoms with E-state index in [1.54, 1.807) is 6.07 Å². The number of hydrogen-bond donors (Lipinski definition) is 1. The number of nitriles is 1. The molecule has 1 saturated carbocycles. The zero-order valence-electron chi connectivity index (χ0n) is 9.35. The first-order valence-corrected chi connectivity index (χ1v) is 7.80. The van der Waals surface area contributed by atoms with Crippen molar-refractivity contribution in [2.24, 2.45) is 0 Å². The van der Waals surface area contributed by atoms with E-state index in [0.29, 0.717) is 21.8 Å². The van der Waals surface area contributed by atoms with Crippen molar-refractivity contribution in [3.8, 4) is 6.07 Å². The summed E-state index contributed by atoms with van der Waals surface area (Å²) >= 11 is 3.25. The number of benzene rings is 1. The fraction of sp³-hybridized carbons (Fsp3) is 0.364. The first-order chi connectivity index (χ1) is 8.53. The van der Waals surface area contributed by atoms with E-state index < -0.39 is 10.0 Å². The lowest BCUT2D eigenvalue weighted by Crippen LogP contribution is -2.44. The fourth-order valence-corrected chi connectivity index (χ4v) is 4.46. The van der Waals surface area contributed by atoms with Gasteiger partial charge in [0.15, 0.2) is 0 Å². The lowest BCUT2D eigenvalue weighted by atomic mass is 10.2. The van der Waals surface area contributed by atoms with Gasteiger partial charge in [0, 0.05) is 10.5 Å². The third-order valence-corrected chi connectivity index (χ3v) is 5.51. The van der Waals surface area contributed by atoms with Crippen LogP contribution in [-0.2, 0) is 10.0 Å². The largest absolute Gasteiger partial charge is 0.354 e. The van der Waals surface area contributed by atoms with Gasteiger partial charge in [0.05, 0.1) is 24.0 Å².